The number of aromatic amines is 1. The number of fused-ring (bicyclic) bond motifs is 1. The van der Waals surface area contributed by atoms with Crippen molar-refractivity contribution >= 4 is 5.91 Å². The Balaban J connectivity index is 1.51. The molecule has 5 heteroatoms. The van der Waals surface area contributed by atoms with Crippen LogP contribution in [0.2, 0.25) is 0 Å². The van der Waals surface area contributed by atoms with Crippen molar-refractivity contribution in [3.8, 4) is 0 Å². The maximum absolute atomic E-state index is 12.2. The van der Waals surface area contributed by atoms with Gasteiger partial charge in [-0.15, -0.1) is 0 Å². The lowest BCUT2D eigenvalue weighted by Crippen LogP contribution is -2.24. The molecule has 1 aliphatic heterocycles. The van der Waals surface area contributed by atoms with Gasteiger partial charge in [0.05, 0.1) is 11.7 Å². The van der Waals surface area contributed by atoms with E-state index in [-0.39, 0.29) is 5.91 Å². The number of benzene rings is 1. The molecule has 1 atom stereocenters. The molecule has 1 saturated heterocycles. The summed E-state index contributed by atoms with van der Waals surface area (Å²) in [6.45, 7) is 1.95. The highest BCUT2D eigenvalue weighted by Gasteiger charge is 2.29. The molecular weight excluding hydrogens is 324 g/mol. The van der Waals surface area contributed by atoms with E-state index in [1.54, 1.807) is 19.0 Å². The molecule has 26 heavy (non-hydrogen) atoms. The fourth-order valence-electron chi connectivity index (χ4n) is 4.25. The normalized spacial score (nSPS) is 20.2. The number of hydrogen-bond donors (Lipinski definition) is 1. The fraction of sp³-hybridized carbons (Fsp3) is 0.524. The van der Waals surface area contributed by atoms with Crippen LogP contribution in [0.4, 0.5) is 0 Å². The molecule has 2 aromatic rings. The summed E-state index contributed by atoms with van der Waals surface area (Å²) in [5.74, 6) is 1.21. The van der Waals surface area contributed by atoms with Crippen LogP contribution in [-0.4, -0.2) is 46.3 Å². The maximum atomic E-state index is 12.2. The van der Waals surface area contributed by atoms with Crippen LogP contribution >= 0.6 is 0 Å². The molecular formula is C21H28N4O. The predicted molar refractivity (Wildman–Crippen MR) is 102 cm³/mol. The van der Waals surface area contributed by atoms with Crippen LogP contribution < -0.4 is 0 Å². The maximum Gasteiger partial charge on any atom is 0.253 e. The lowest BCUT2D eigenvalue weighted by molar-refractivity contribution is 0.0827. The first-order valence-electron chi connectivity index (χ1n) is 9.74. The molecule has 0 radical (unpaired) electrons. The zero-order valence-corrected chi connectivity index (χ0v) is 15.8. The first kappa shape index (κ1) is 17.3. The second-order valence-corrected chi connectivity index (χ2v) is 7.78. The monoisotopic (exact) mass is 352 g/mol. The van der Waals surface area contributed by atoms with Gasteiger partial charge in [0.25, 0.3) is 5.91 Å². The number of rotatable bonds is 4. The zero-order valence-electron chi connectivity index (χ0n) is 15.8. The van der Waals surface area contributed by atoms with Crippen LogP contribution in [-0.2, 0) is 19.4 Å². The lowest BCUT2D eigenvalue weighted by Gasteiger charge is -2.23. The molecule has 2 aliphatic rings. The molecule has 5 nitrogen and oxygen atoms in total. The third kappa shape index (κ3) is 3.40. The molecule has 0 saturated carbocycles. The summed E-state index contributed by atoms with van der Waals surface area (Å²) in [5, 5.41) is 0. The number of aromatic nitrogens is 2. The fourth-order valence-corrected chi connectivity index (χ4v) is 4.25. The Hall–Kier alpha value is -2.14. The molecule has 0 spiro atoms. The van der Waals surface area contributed by atoms with Crippen molar-refractivity contribution in [2.45, 2.75) is 51.1 Å². The van der Waals surface area contributed by atoms with Crippen molar-refractivity contribution in [3.05, 3.63) is 52.6 Å². The minimum absolute atomic E-state index is 0.0588. The first-order valence-corrected chi connectivity index (χ1v) is 9.74. The second-order valence-electron chi connectivity index (χ2n) is 7.78. The number of carbonyl (C=O) groups excluding carboxylic acids is 1. The number of nitrogens with zero attached hydrogens (tertiary/aromatic N) is 3. The van der Waals surface area contributed by atoms with Gasteiger partial charge in [-0.05, 0) is 62.8 Å². The summed E-state index contributed by atoms with van der Waals surface area (Å²) in [4.78, 5) is 24.9. The lowest BCUT2D eigenvalue weighted by atomic mass is 10.0. The first-order chi connectivity index (χ1) is 12.6. The minimum Gasteiger partial charge on any atom is -0.345 e. The molecule has 2 heterocycles. The van der Waals surface area contributed by atoms with Crippen molar-refractivity contribution in [2.24, 2.45) is 0 Å². The van der Waals surface area contributed by atoms with Crippen LogP contribution in [0.1, 0.15) is 64.9 Å². The number of H-pyrrole nitrogens is 1. The van der Waals surface area contributed by atoms with E-state index in [0.717, 1.165) is 43.7 Å². The van der Waals surface area contributed by atoms with E-state index in [9.17, 15) is 4.79 Å². The van der Waals surface area contributed by atoms with E-state index in [1.807, 2.05) is 18.2 Å². The molecule has 138 valence electrons. The summed E-state index contributed by atoms with van der Waals surface area (Å²) in [7, 11) is 3.59. The van der Waals surface area contributed by atoms with Gasteiger partial charge in [0, 0.05) is 31.9 Å². The molecule has 0 bridgehead atoms. The van der Waals surface area contributed by atoms with E-state index in [4.69, 9.17) is 4.98 Å². The highest BCUT2D eigenvalue weighted by Crippen LogP contribution is 2.33. The van der Waals surface area contributed by atoms with E-state index >= 15 is 0 Å². The average Bonchev–Trinajstić information content (AvgIpc) is 3.27. The third-order valence-corrected chi connectivity index (χ3v) is 5.62. The van der Waals surface area contributed by atoms with Crippen molar-refractivity contribution in [1.29, 1.82) is 0 Å². The Labute approximate surface area is 155 Å². The predicted octanol–water partition coefficient (Wildman–Crippen LogP) is 3.33. The van der Waals surface area contributed by atoms with Crippen LogP contribution in [0.15, 0.2) is 24.3 Å². The third-order valence-electron chi connectivity index (χ3n) is 5.62. The number of nitrogens with one attached hydrogen (secondary N) is 1. The number of hydrogen-bond acceptors (Lipinski definition) is 3. The van der Waals surface area contributed by atoms with Gasteiger partial charge in [0.1, 0.15) is 5.82 Å². The molecule has 1 amide bonds. The van der Waals surface area contributed by atoms with E-state index in [0.29, 0.717) is 6.04 Å². The van der Waals surface area contributed by atoms with E-state index < -0.39 is 0 Å². The van der Waals surface area contributed by atoms with Crippen LogP contribution in [0, 0.1) is 0 Å². The quantitative estimate of drug-likeness (QED) is 0.918. The van der Waals surface area contributed by atoms with Crippen LogP contribution in [0.25, 0.3) is 0 Å². The van der Waals surface area contributed by atoms with Gasteiger partial charge < -0.3 is 9.88 Å². The summed E-state index contributed by atoms with van der Waals surface area (Å²) >= 11 is 0. The standard InChI is InChI=1S/C21H28N4O/c1-24(2)21(26)16-8-5-7-15(13-16)14-25-12-6-11-19(25)20-22-17-9-3-4-10-18(17)23-20/h5,7-8,13,19H,3-4,6,9-12,14H2,1-2H3,(H,22,23)/t19-/m0/s1. The Morgan fingerprint density at radius 2 is 2.12 bits per heavy atom. The van der Waals surface area contributed by atoms with Gasteiger partial charge in [0.15, 0.2) is 0 Å². The number of carbonyl (C=O) groups is 1. The topological polar surface area (TPSA) is 52.2 Å². The Bertz CT molecular complexity index is 772. The summed E-state index contributed by atoms with van der Waals surface area (Å²) < 4.78 is 0. The Morgan fingerprint density at radius 3 is 2.92 bits per heavy atom. The van der Waals surface area contributed by atoms with Gasteiger partial charge in [0.2, 0.25) is 0 Å². The number of likely N-dealkylation sites (tertiary alicyclic amines) is 1. The molecule has 1 N–H and O–H groups in total. The molecule has 1 aliphatic carbocycles. The van der Waals surface area contributed by atoms with Gasteiger partial charge in [-0.2, -0.15) is 0 Å². The number of imidazole rings is 1. The number of aryl methyl sites for hydroxylation is 2. The van der Waals surface area contributed by atoms with Crippen molar-refractivity contribution in [1.82, 2.24) is 19.8 Å². The SMILES string of the molecule is CN(C)C(=O)c1cccc(CN2CCC[C@H]2c2nc3c([nH]2)CCCC3)c1. The zero-order chi connectivity index (χ0) is 18.1. The Morgan fingerprint density at radius 1 is 1.27 bits per heavy atom. The van der Waals surface area contributed by atoms with Crippen LogP contribution in [0.3, 0.4) is 0 Å². The van der Waals surface area contributed by atoms with Gasteiger partial charge in [-0.25, -0.2) is 4.98 Å². The minimum atomic E-state index is 0.0588. The molecule has 0 unspecified atom stereocenters. The average molecular weight is 352 g/mol. The molecule has 1 aromatic heterocycles. The van der Waals surface area contributed by atoms with Crippen molar-refractivity contribution < 1.29 is 4.79 Å². The second kappa shape index (κ2) is 7.23. The van der Waals surface area contributed by atoms with Gasteiger partial charge in [-0.3, -0.25) is 9.69 Å². The highest BCUT2D eigenvalue weighted by atomic mass is 16.2. The van der Waals surface area contributed by atoms with Crippen molar-refractivity contribution in [2.75, 3.05) is 20.6 Å². The Kier molecular flexibility index (Phi) is 4.81. The van der Waals surface area contributed by atoms with Crippen LogP contribution in [0.5, 0.6) is 0 Å². The highest BCUT2D eigenvalue weighted by molar-refractivity contribution is 5.94. The largest absolute Gasteiger partial charge is 0.345 e. The summed E-state index contributed by atoms with van der Waals surface area (Å²) in [6.07, 6.45) is 7.15. The van der Waals surface area contributed by atoms with E-state index in [1.165, 1.54) is 36.2 Å². The van der Waals surface area contributed by atoms with Gasteiger partial charge >= 0.3 is 0 Å². The smallest absolute Gasteiger partial charge is 0.253 e. The summed E-state index contributed by atoms with van der Waals surface area (Å²) in [5.41, 5.74) is 4.60. The van der Waals surface area contributed by atoms with Gasteiger partial charge in [-0.1, -0.05) is 12.1 Å². The molecule has 1 fully saturated rings. The summed E-state index contributed by atoms with van der Waals surface area (Å²) in [6, 6.07) is 8.41. The number of amides is 1. The molecule has 4 rings (SSSR count). The van der Waals surface area contributed by atoms with E-state index in [2.05, 4.69) is 16.0 Å². The molecule has 1 aromatic carbocycles. The van der Waals surface area contributed by atoms with Crippen molar-refractivity contribution in [3.63, 3.8) is 0 Å².